The zero-order chi connectivity index (χ0) is 15.8. The van der Waals surface area contributed by atoms with Gasteiger partial charge < -0.3 is 11.5 Å². The maximum Gasteiger partial charge on any atom is 0.00672 e. The van der Waals surface area contributed by atoms with Gasteiger partial charge in [0.05, 0.1) is 0 Å². The van der Waals surface area contributed by atoms with E-state index in [1.165, 1.54) is 38.5 Å². The topological polar surface area (TPSA) is 52.0 Å². The Labute approximate surface area is 132 Å². The summed E-state index contributed by atoms with van der Waals surface area (Å²) < 4.78 is 0. The predicted octanol–water partition coefficient (Wildman–Crippen LogP) is 4.18. The molecule has 0 amide bonds. The molecule has 2 aliphatic rings. The monoisotopic (exact) mass is 294 g/mol. The van der Waals surface area contributed by atoms with Crippen LogP contribution >= 0.6 is 0 Å². The van der Waals surface area contributed by atoms with E-state index in [1.807, 2.05) is 0 Å². The molecular formula is C19H38N2. The minimum absolute atomic E-state index is 0.371. The van der Waals surface area contributed by atoms with Gasteiger partial charge in [0, 0.05) is 12.1 Å². The molecule has 2 heteroatoms. The molecule has 0 heterocycles. The van der Waals surface area contributed by atoms with Crippen molar-refractivity contribution in [2.24, 2.45) is 46.5 Å². The minimum atomic E-state index is 0.371. The lowest BCUT2D eigenvalue weighted by Crippen LogP contribution is -2.46. The van der Waals surface area contributed by atoms with Crippen molar-refractivity contribution < 1.29 is 0 Å². The zero-order valence-electron chi connectivity index (χ0n) is 14.9. The standard InChI is InChI=1S/C19H38N2/c1-12-6-8-14(10-16(12)20)18(19(3,4)5)15-9-7-13(2)17(21)11-15/h12-18H,6-11,20-21H2,1-5H3. The van der Waals surface area contributed by atoms with E-state index in [-0.39, 0.29) is 0 Å². The van der Waals surface area contributed by atoms with Gasteiger partial charge in [0.25, 0.3) is 0 Å². The maximum absolute atomic E-state index is 6.40. The third-order valence-electron chi connectivity index (χ3n) is 6.61. The summed E-state index contributed by atoms with van der Waals surface area (Å²) in [4.78, 5) is 0. The highest BCUT2D eigenvalue weighted by Gasteiger charge is 2.42. The van der Waals surface area contributed by atoms with Crippen LogP contribution in [0.15, 0.2) is 0 Å². The van der Waals surface area contributed by atoms with Gasteiger partial charge in [0.15, 0.2) is 0 Å². The Bertz CT molecular complexity index is 307. The van der Waals surface area contributed by atoms with Crippen LogP contribution < -0.4 is 11.5 Å². The predicted molar refractivity (Wildman–Crippen MR) is 91.9 cm³/mol. The lowest BCUT2D eigenvalue weighted by atomic mass is 9.58. The third kappa shape index (κ3) is 4.01. The van der Waals surface area contributed by atoms with Crippen LogP contribution in [0.2, 0.25) is 0 Å². The Morgan fingerprint density at radius 2 is 1.14 bits per heavy atom. The molecule has 2 rings (SSSR count). The van der Waals surface area contributed by atoms with Gasteiger partial charge in [-0.05, 0) is 73.5 Å². The van der Waals surface area contributed by atoms with Gasteiger partial charge in [-0.1, -0.05) is 34.6 Å². The molecule has 6 unspecified atom stereocenters. The first kappa shape index (κ1) is 17.3. The second-order valence-corrected chi connectivity index (χ2v) is 9.32. The highest BCUT2D eigenvalue weighted by molar-refractivity contribution is 4.94. The molecule has 0 saturated heterocycles. The Morgan fingerprint density at radius 3 is 1.43 bits per heavy atom. The maximum atomic E-state index is 6.40. The van der Waals surface area contributed by atoms with Crippen LogP contribution in [0.25, 0.3) is 0 Å². The molecule has 124 valence electrons. The van der Waals surface area contributed by atoms with Crippen LogP contribution in [0.1, 0.15) is 73.1 Å². The molecule has 0 aromatic heterocycles. The Balaban J connectivity index is 2.12. The molecule has 0 aromatic carbocycles. The lowest BCUT2D eigenvalue weighted by Gasteiger charge is -2.48. The van der Waals surface area contributed by atoms with Gasteiger partial charge in [-0.15, -0.1) is 0 Å². The largest absolute Gasteiger partial charge is 0.327 e. The van der Waals surface area contributed by atoms with Gasteiger partial charge >= 0.3 is 0 Å². The van der Waals surface area contributed by atoms with Gasteiger partial charge in [0.1, 0.15) is 0 Å². The average Bonchev–Trinajstić information content (AvgIpc) is 2.37. The van der Waals surface area contributed by atoms with Crippen molar-refractivity contribution >= 4 is 0 Å². The van der Waals surface area contributed by atoms with Crippen molar-refractivity contribution in [1.29, 1.82) is 0 Å². The second kappa shape index (κ2) is 6.58. The summed E-state index contributed by atoms with van der Waals surface area (Å²) >= 11 is 0. The van der Waals surface area contributed by atoms with Crippen LogP contribution in [0.3, 0.4) is 0 Å². The first-order valence-corrected chi connectivity index (χ1v) is 9.21. The number of nitrogens with two attached hydrogens (primary N) is 2. The molecular weight excluding hydrogens is 256 g/mol. The van der Waals surface area contributed by atoms with Crippen molar-refractivity contribution in [2.75, 3.05) is 0 Å². The van der Waals surface area contributed by atoms with Crippen LogP contribution in [-0.4, -0.2) is 12.1 Å². The van der Waals surface area contributed by atoms with Gasteiger partial charge in [-0.2, -0.15) is 0 Å². The molecule has 2 saturated carbocycles. The van der Waals surface area contributed by atoms with Crippen molar-refractivity contribution in [3.63, 3.8) is 0 Å². The number of hydrogen-bond donors (Lipinski definition) is 2. The van der Waals surface area contributed by atoms with Crippen LogP contribution in [0.4, 0.5) is 0 Å². The number of rotatable bonds is 2. The minimum Gasteiger partial charge on any atom is -0.327 e. The van der Waals surface area contributed by atoms with Crippen LogP contribution in [-0.2, 0) is 0 Å². The SMILES string of the molecule is CC1CCC(C(C2CCC(C)C(N)C2)C(C)(C)C)CC1N. The lowest BCUT2D eigenvalue weighted by molar-refractivity contribution is 0.0241. The van der Waals surface area contributed by atoms with Crippen molar-refractivity contribution in [2.45, 2.75) is 85.2 Å². The summed E-state index contributed by atoms with van der Waals surface area (Å²) in [5.41, 5.74) is 13.2. The Hall–Kier alpha value is -0.0800. The highest BCUT2D eigenvalue weighted by Crippen LogP contribution is 2.49. The van der Waals surface area contributed by atoms with E-state index in [9.17, 15) is 0 Å². The van der Waals surface area contributed by atoms with Gasteiger partial charge in [0.2, 0.25) is 0 Å². The fourth-order valence-corrected chi connectivity index (χ4v) is 5.23. The molecule has 0 bridgehead atoms. The summed E-state index contributed by atoms with van der Waals surface area (Å²) in [5, 5.41) is 0. The van der Waals surface area contributed by atoms with E-state index in [0.717, 1.165) is 17.8 Å². The van der Waals surface area contributed by atoms with Crippen molar-refractivity contribution in [3.8, 4) is 0 Å². The van der Waals surface area contributed by atoms with E-state index < -0.39 is 0 Å². The second-order valence-electron chi connectivity index (χ2n) is 9.32. The summed E-state index contributed by atoms with van der Waals surface area (Å²) in [5.74, 6) is 3.81. The molecule has 2 nitrogen and oxygen atoms in total. The summed E-state index contributed by atoms with van der Waals surface area (Å²) in [6.07, 6.45) is 7.83. The Kier molecular flexibility index (Phi) is 5.41. The normalized spacial score (nSPS) is 43.6. The van der Waals surface area contributed by atoms with Gasteiger partial charge in [-0.25, -0.2) is 0 Å². The van der Waals surface area contributed by atoms with Crippen LogP contribution in [0.5, 0.6) is 0 Å². The molecule has 0 spiro atoms. The Morgan fingerprint density at radius 1 is 0.762 bits per heavy atom. The fourth-order valence-electron chi connectivity index (χ4n) is 5.23. The fraction of sp³-hybridized carbons (Fsp3) is 1.00. The zero-order valence-corrected chi connectivity index (χ0v) is 14.9. The molecule has 21 heavy (non-hydrogen) atoms. The third-order valence-corrected chi connectivity index (χ3v) is 6.61. The van der Waals surface area contributed by atoms with E-state index in [0.29, 0.717) is 29.3 Å². The van der Waals surface area contributed by atoms with E-state index >= 15 is 0 Å². The molecule has 0 radical (unpaired) electrons. The molecule has 2 aliphatic carbocycles. The number of hydrogen-bond acceptors (Lipinski definition) is 2. The van der Waals surface area contributed by atoms with Crippen molar-refractivity contribution in [3.05, 3.63) is 0 Å². The summed E-state index contributed by atoms with van der Waals surface area (Å²) in [6.45, 7) is 12.0. The van der Waals surface area contributed by atoms with E-state index in [4.69, 9.17) is 11.5 Å². The van der Waals surface area contributed by atoms with Crippen molar-refractivity contribution in [1.82, 2.24) is 0 Å². The molecule has 6 atom stereocenters. The molecule has 0 aromatic rings. The van der Waals surface area contributed by atoms with Crippen LogP contribution in [0, 0.1) is 35.0 Å². The first-order valence-electron chi connectivity index (χ1n) is 9.21. The summed E-state index contributed by atoms with van der Waals surface area (Å²) in [6, 6.07) is 0.814. The van der Waals surface area contributed by atoms with E-state index in [2.05, 4.69) is 34.6 Å². The smallest absolute Gasteiger partial charge is 0.00672 e. The van der Waals surface area contributed by atoms with Gasteiger partial charge in [-0.3, -0.25) is 0 Å². The first-order chi connectivity index (χ1) is 9.70. The quantitative estimate of drug-likeness (QED) is 0.803. The van der Waals surface area contributed by atoms with E-state index in [1.54, 1.807) is 0 Å². The summed E-state index contributed by atoms with van der Waals surface area (Å²) in [7, 11) is 0. The highest BCUT2D eigenvalue weighted by atomic mass is 14.7. The molecule has 0 aliphatic heterocycles. The molecule has 2 fully saturated rings. The molecule has 4 N–H and O–H groups in total. The average molecular weight is 295 g/mol.